The van der Waals surface area contributed by atoms with Crippen molar-refractivity contribution in [3.05, 3.63) is 51.3 Å². The number of rotatable bonds is 3. The molecule has 0 atom stereocenters. The smallest absolute Gasteiger partial charge is 0.263 e. The molecule has 8 heteroatoms. The fourth-order valence-corrected chi connectivity index (χ4v) is 3.73. The topological polar surface area (TPSA) is 59.1 Å². The van der Waals surface area contributed by atoms with E-state index in [4.69, 9.17) is 0 Å². The summed E-state index contributed by atoms with van der Waals surface area (Å²) >= 11 is 6.24. The van der Waals surface area contributed by atoms with Crippen LogP contribution in [0.3, 0.4) is 0 Å². The number of halogens is 3. The SMILES string of the molecule is O=S(=O)(Nc1cc(Br)ccn1)c1ccc(F)cc1Br. The molecule has 0 fully saturated rings. The van der Waals surface area contributed by atoms with Crippen molar-refractivity contribution >= 4 is 47.7 Å². The Morgan fingerprint density at radius 3 is 2.53 bits per heavy atom. The van der Waals surface area contributed by atoms with E-state index in [2.05, 4.69) is 41.6 Å². The van der Waals surface area contributed by atoms with E-state index in [-0.39, 0.29) is 15.2 Å². The van der Waals surface area contributed by atoms with Gasteiger partial charge in [0.25, 0.3) is 10.0 Å². The summed E-state index contributed by atoms with van der Waals surface area (Å²) in [5.41, 5.74) is 0. The average Bonchev–Trinajstić information content (AvgIpc) is 2.27. The van der Waals surface area contributed by atoms with Gasteiger partial charge in [-0.05, 0) is 46.3 Å². The molecule has 0 amide bonds. The van der Waals surface area contributed by atoms with Gasteiger partial charge in [0.05, 0.1) is 0 Å². The van der Waals surface area contributed by atoms with Crippen molar-refractivity contribution in [2.45, 2.75) is 4.90 Å². The van der Waals surface area contributed by atoms with E-state index in [1.54, 1.807) is 6.07 Å². The standard InChI is InChI=1S/C11H7Br2FN2O2S/c12-7-3-4-15-11(5-7)16-19(17,18)10-2-1-8(14)6-9(10)13/h1-6H,(H,15,16). The van der Waals surface area contributed by atoms with Gasteiger partial charge in [-0.25, -0.2) is 17.8 Å². The van der Waals surface area contributed by atoms with Crippen LogP contribution in [0.1, 0.15) is 0 Å². The summed E-state index contributed by atoms with van der Waals surface area (Å²) in [7, 11) is -3.82. The summed E-state index contributed by atoms with van der Waals surface area (Å²) in [6.45, 7) is 0. The van der Waals surface area contributed by atoms with Gasteiger partial charge >= 0.3 is 0 Å². The lowest BCUT2D eigenvalue weighted by atomic mass is 10.3. The van der Waals surface area contributed by atoms with Crippen LogP contribution < -0.4 is 4.72 Å². The Labute approximate surface area is 126 Å². The second-order valence-electron chi connectivity index (χ2n) is 3.54. The van der Waals surface area contributed by atoms with E-state index >= 15 is 0 Å². The third-order valence-corrected chi connectivity index (χ3v) is 4.97. The van der Waals surface area contributed by atoms with Gasteiger partial charge in [0.1, 0.15) is 16.5 Å². The molecule has 100 valence electrons. The number of hydrogen-bond donors (Lipinski definition) is 1. The lowest BCUT2D eigenvalue weighted by Gasteiger charge is -2.09. The fourth-order valence-electron chi connectivity index (χ4n) is 1.35. The van der Waals surface area contributed by atoms with Crippen molar-refractivity contribution in [2.24, 2.45) is 0 Å². The molecule has 0 aliphatic carbocycles. The van der Waals surface area contributed by atoms with Gasteiger partial charge in [0.2, 0.25) is 0 Å². The minimum atomic E-state index is -3.82. The second-order valence-corrected chi connectivity index (χ2v) is 6.96. The van der Waals surface area contributed by atoms with Crippen LogP contribution >= 0.6 is 31.9 Å². The van der Waals surface area contributed by atoms with Crippen LogP contribution in [0.4, 0.5) is 10.2 Å². The zero-order chi connectivity index (χ0) is 14.0. The highest BCUT2D eigenvalue weighted by molar-refractivity contribution is 9.10. The molecule has 1 aromatic heterocycles. The number of nitrogens with zero attached hydrogens (tertiary/aromatic N) is 1. The zero-order valence-electron chi connectivity index (χ0n) is 9.27. The van der Waals surface area contributed by atoms with E-state index in [1.165, 1.54) is 18.3 Å². The van der Waals surface area contributed by atoms with Crippen molar-refractivity contribution < 1.29 is 12.8 Å². The number of nitrogens with one attached hydrogen (secondary N) is 1. The predicted octanol–water partition coefficient (Wildman–Crippen LogP) is 3.55. The van der Waals surface area contributed by atoms with E-state index < -0.39 is 15.8 Å². The Hall–Kier alpha value is -0.990. The Kier molecular flexibility index (Phi) is 4.22. The van der Waals surface area contributed by atoms with Crippen molar-refractivity contribution in [1.82, 2.24) is 4.98 Å². The summed E-state index contributed by atoms with van der Waals surface area (Å²) in [4.78, 5) is 3.83. The van der Waals surface area contributed by atoms with E-state index in [0.717, 1.165) is 12.1 Å². The summed E-state index contributed by atoms with van der Waals surface area (Å²) in [6, 6.07) is 6.54. The first kappa shape index (κ1) is 14.4. The first-order chi connectivity index (χ1) is 8.88. The summed E-state index contributed by atoms with van der Waals surface area (Å²) in [5.74, 6) is -0.350. The average molecular weight is 410 g/mol. The normalized spacial score (nSPS) is 11.3. The molecule has 2 aromatic rings. The fraction of sp³-hybridized carbons (Fsp3) is 0. The van der Waals surface area contributed by atoms with Crippen LogP contribution in [0.15, 0.2) is 50.4 Å². The highest BCUT2D eigenvalue weighted by Crippen LogP contribution is 2.25. The quantitative estimate of drug-likeness (QED) is 0.843. The zero-order valence-corrected chi connectivity index (χ0v) is 13.3. The molecule has 1 N–H and O–H groups in total. The highest BCUT2D eigenvalue weighted by Gasteiger charge is 2.18. The molecule has 19 heavy (non-hydrogen) atoms. The first-order valence-electron chi connectivity index (χ1n) is 4.98. The Morgan fingerprint density at radius 1 is 1.16 bits per heavy atom. The maximum atomic E-state index is 13.0. The molecule has 2 rings (SSSR count). The Bertz CT molecular complexity index is 722. The molecule has 0 saturated heterocycles. The van der Waals surface area contributed by atoms with Crippen molar-refractivity contribution in [1.29, 1.82) is 0 Å². The van der Waals surface area contributed by atoms with Crippen LogP contribution in [-0.2, 0) is 10.0 Å². The third-order valence-electron chi connectivity index (χ3n) is 2.14. The summed E-state index contributed by atoms with van der Waals surface area (Å²) in [5, 5.41) is 0. The highest BCUT2D eigenvalue weighted by atomic mass is 79.9. The molecule has 0 bridgehead atoms. The van der Waals surface area contributed by atoms with Gasteiger partial charge in [0, 0.05) is 15.1 Å². The van der Waals surface area contributed by atoms with Crippen molar-refractivity contribution in [3.8, 4) is 0 Å². The molecule has 0 radical (unpaired) electrons. The number of hydrogen-bond acceptors (Lipinski definition) is 3. The van der Waals surface area contributed by atoms with Crippen LogP contribution in [0.25, 0.3) is 0 Å². The second kappa shape index (κ2) is 5.56. The lowest BCUT2D eigenvalue weighted by Crippen LogP contribution is -2.14. The first-order valence-corrected chi connectivity index (χ1v) is 8.05. The van der Waals surface area contributed by atoms with Gasteiger partial charge in [-0.15, -0.1) is 0 Å². The molecule has 1 aromatic carbocycles. The molecule has 0 aliphatic heterocycles. The minimum Gasteiger partial charge on any atom is -0.263 e. The molecular formula is C11H7Br2FN2O2S. The molecule has 4 nitrogen and oxygen atoms in total. The van der Waals surface area contributed by atoms with E-state index in [9.17, 15) is 12.8 Å². The number of pyridine rings is 1. The van der Waals surface area contributed by atoms with Gasteiger partial charge in [-0.3, -0.25) is 4.72 Å². The maximum Gasteiger partial charge on any atom is 0.264 e. The van der Waals surface area contributed by atoms with E-state index in [1.807, 2.05) is 0 Å². The van der Waals surface area contributed by atoms with Gasteiger partial charge in [-0.2, -0.15) is 0 Å². The summed E-state index contributed by atoms with van der Waals surface area (Å²) in [6.07, 6.45) is 1.46. The maximum absolute atomic E-state index is 13.0. The van der Waals surface area contributed by atoms with Crippen LogP contribution in [0.2, 0.25) is 0 Å². The molecule has 0 saturated carbocycles. The van der Waals surface area contributed by atoms with Crippen LogP contribution in [0, 0.1) is 5.82 Å². The molecule has 1 heterocycles. The van der Waals surface area contributed by atoms with Crippen molar-refractivity contribution in [3.63, 3.8) is 0 Å². The molecular weight excluding hydrogens is 403 g/mol. The number of anilines is 1. The number of benzene rings is 1. The van der Waals surface area contributed by atoms with Crippen molar-refractivity contribution in [2.75, 3.05) is 4.72 Å². The van der Waals surface area contributed by atoms with Crippen LogP contribution in [-0.4, -0.2) is 13.4 Å². The Balaban J connectivity index is 2.38. The van der Waals surface area contributed by atoms with Gasteiger partial charge in [0.15, 0.2) is 0 Å². The lowest BCUT2D eigenvalue weighted by molar-refractivity contribution is 0.598. The molecule has 0 spiro atoms. The molecule has 0 unspecified atom stereocenters. The Morgan fingerprint density at radius 2 is 1.89 bits per heavy atom. The summed E-state index contributed by atoms with van der Waals surface area (Å²) < 4.78 is 40.4. The minimum absolute atomic E-state index is 0.0596. The number of sulfonamides is 1. The van der Waals surface area contributed by atoms with Crippen LogP contribution in [0.5, 0.6) is 0 Å². The monoisotopic (exact) mass is 408 g/mol. The third kappa shape index (κ3) is 3.52. The van der Waals surface area contributed by atoms with Gasteiger partial charge in [-0.1, -0.05) is 15.9 Å². The molecule has 0 aliphatic rings. The predicted molar refractivity (Wildman–Crippen MR) is 76.8 cm³/mol. The van der Waals surface area contributed by atoms with Gasteiger partial charge < -0.3 is 0 Å². The number of aromatic nitrogens is 1. The van der Waals surface area contributed by atoms with E-state index in [0.29, 0.717) is 4.47 Å². The largest absolute Gasteiger partial charge is 0.264 e.